The molecule has 0 saturated carbocycles. The van der Waals surface area contributed by atoms with Gasteiger partial charge in [-0.2, -0.15) is 0 Å². The number of hydrogen-bond donors (Lipinski definition) is 1. The van der Waals surface area contributed by atoms with Gasteiger partial charge in [0.1, 0.15) is 5.82 Å². The number of fused-ring (bicyclic) bond motifs is 2. The molecule has 0 spiro atoms. The first-order valence-corrected chi connectivity index (χ1v) is 6.91. The highest BCUT2D eigenvalue weighted by molar-refractivity contribution is 5.56. The number of nitrogens with zero attached hydrogens (tertiary/aromatic N) is 1. The van der Waals surface area contributed by atoms with Crippen LogP contribution in [0.5, 0.6) is 0 Å². The van der Waals surface area contributed by atoms with E-state index in [1.54, 1.807) is 6.07 Å². The minimum atomic E-state index is -0.0809. The van der Waals surface area contributed by atoms with E-state index in [4.69, 9.17) is 0 Å². The van der Waals surface area contributed by atoms with E-state index in [2.05, 4.69) is 16.3 Å². The highest BCUT2D eigenvalue weighted by Crippen LogP contribution is 2.40. The average molecular weight is 248 g/mol. The third-order valence-electron chi connectivity index (χ3n) is 4.66. The summed E-state index contributed by atoms with van der Waals surface area (Å²) in [5, 5.41) is 3.40. The minimum absolute atomic E-state index is 0.0809. The summed E-state index contributed by atoms with van der Waals surface area (Å²) in [6.45, 7) is 1.90. The van der Waals surface area contributed by atoms with Crippen molar-refractivity contribution in [1.82, 2.24) is 5.32 Å². The number of benzene rings is 1. The van der Waals surface area contributed by atoms with Gasteiger partial charge in [0.15, 0.2) is 0 Å². The molecule has 0 amide bonds. The highest BCUT2D eigenvalue weighted by Gasteiger charge is 2.40. The zero-order chi connectivity index (χ0) is 12.7. The average Bonchev–Trinajstić information content (AvgIpc) is 2.63. The second kappa shape index (κ2) is 4.54. The zero-order valence-electron chi connectivity index (χ0n) is 11.1. The Morgan fingerprint density at radius 2 is 1.89 bits per heavy atom. The van der Waals surface area contributed by atoms with Gasteiger partial charge in [0, 0.05) is 29.4 Å². The van der Waals surface area contributed by atoms with Crippen molar-refractivity contribution in [2.75, 3.05) is 11.9 Å². The molecule has 0 aromatic heterocycles. The number of hydrogen-bond acceptors (Lipinski definition) is 2. The molecule has 1 N–H and O–H groups in total. The Morgan fingerprint density at radius 3 is 2.50 bits per heavy atom. The Labute approximate surface area is 108 Å². The maximum Gasteiger partial charge on any atom is 0.128 e. The summed E-state index contributed by atoms with van der Waals surface area (Å²) in [6.07, 6.45) is 4.86. The Bertz CT molecular complexity index is 432. The quantitative estimate of drug-likeness (QED) is 0.865. The lowest BCUT2D eigenvalue weighted by molar-refractivity contribution is 0.373. The van der Waals surface area contributed by atoms with Crippen molar-refractivity contribution in [3.05, 3.63) is 29.6 Å². The van der Waals surface area contributed by atoms with Gasteiger partial charge in [-0.05, 0) is 51.8 Å². The fourth-order valence-electron chi connectivity index (χ4n) is 3.68. The Hall–Kier alpha value is -1.09. The van der Waals surface area contributed by atoms with Crippen LogP contribution in [0.15, 0.2) is 18.2 Å². The van der Waals surface area contributed by atoms with Crippen LogP contribution in [0.4, 0.5) is 10.1 Å². The van der Waals surface area contributed by atoms with Crippen LogP contribution in [0.3, 0.4) is 0 Å². The maximum absolute atomic E-state index is 13.7. The second-order valence-corrected chi connectivity index (χ2v) is 5.63. The fraction of sp³-hybridized carbons (Fsp3) is 0.600. The molecule has 1 aromatic rings. The van der Waals surface area contributed by atoms with Gasteiger partial charge in [-0.3, -0.25) is 0 Å². The van der Waals surface area contributed by atoms with E-state index in [1.807, 2.05) is 20.0 Å². The van der Waals surface area contributed by atoms with Gasteiger partial charge < -0.3 is 10.2 Å². The largest absolute Gasteiger partial charge is 0.365 e. The standard InChI is InChI=1S/C15H21FN2/c1-10-14(16)4-3-5-15(10)18-12-6-7-13(18)9-11(8-12)17-2/h3-5,11-13,17H,6-9H2,1-2H3. The van der Waals surface area contributed by atoms with Crippen LogP contribution in [-0.4, -0.2) is 25.2 Å². The first-order valence-electron chi connectivity index (χ1n) is 6.91. The van der Waals surface area contributed by atoms with Gasteiger partial charge in [-0.1, -0.05) is 6.07 Å². The van der Waals surface area contributed by atoms with E-state index in [-0.39, 0.29) is 5.82 Å². The van der Waals surface area contributed by atoms with E-state index in [0.29, 0.717) is 18.1 Å². The lowest BCUT2D eigenvalue weighted by Gasteiger charge is -2.41. The van der Waals surface area contributed by atoms with Crippen LogP contribution in [-0.2, 0) is 0 Å². The minimum Gasteiger partial charge on any atom is -0.365 e. The van der Waals surface area contributed by atoms with Crippen LogP contribution < -0.4 is 10.2 Å². The van der Waals surface area contributed by atoms with Crippen molar-refractivity contribution in [1.29, 1.82) is 0 Å². The first kappa shape index (κ1) is 12.0. The molecule has 2 nitrogen and oxygen atoms in total. The van der Waals surface area contributed by atoms with Gasteiger partial charge in [0.2, 0.25) is 0 Å². The van der Waals surface area contributed by atoms with Crippen molar-refractivity contribution < 1.29 is 4.39 Å². The summed E-state index contributed by atoms with van der Waals surface area (Å²) in [7, 11) is 2.05. The van der Waals surface area contributed by atoms with E-state index < -0.39 is 0 Å². The number of rotatable bonds is 2. The van der Waals surface area contributed by atoms with Gasteiger partial charge in [-0.15, -0.1) is 0 Å². The molecule has 2 saturated heterocycles. The molecular formula is C15H21FN2. The van der Waals surface area contributed by atoms with Crippen molar-refractivity contribution in [3.8, 4) is 0 Å². The van der Waals surface area contributed by atoms with E-state index in [9.17, 15) is 4.39 Å². The summed E-state index contributed by atoms with van der Waals surface area (Å²) >= 11 is 0. The molecule has 3 heteroatoms. The van der Waals surface area contributed by atoms with Crippen molar-refractivity contribution in [2.45, 2.75) is 50.7 Å². The molecule has 2 aliphatic rings. The SMILES string of the molecule is CNC1CC2CCC(C1)N2c1cccc(F)c1C. The normalized spacial score (nSPS) is 30.8. The highest BCUT2D eigenvalue weighted by atomic mass is 19.1. The van der Waals surface area contributed by atoms with Gasteiger partial charge in [-0.25, -0.2) is 4.39 Å². The first-order chi connectivity index (χ1) is 8.70. The number of halogens is 1. The summed E-state index contributed by atoms with van der Waals surface area (Å²) in [5.41, 5.74) is 1.91. The van der Waals surface area contributed by atoms with Gasteiger partial charge in [0.05, 0.1) is 0 Å². The molecular weight excluding hydrogens is 227 g/mol. The van der Waals surface area contributed by atoms with Gasteiger partial charge >= 0.3 is 0 Å². The molecule has 2 atom stereocenters. The van der Waals surface area contributed by atoms with E-state index in [0.717, 1.165) is 11.3 Å². The molecule has 2 fully saturated rings. The van der Waals surface area contributed by atoms with Crippen LogP contribution in [0.1, 0.15) is 31.2 Å². The van der Waals surface area contributed by atoms with Crippen LogP contribution in [0.2, 0.25) is 0 Å². The van der Waals surface area contributed by atoms with Crippen LogP contribution >= 0.6 is 0 Å². The number of anilines is 1. The molecule has 0 radical (unpaired) electrons. The lowest BCUT2D eigenvalue weighted by Crippen LogP contribution is -2.48. The van der Waals surface area contributed by atoms with E-state index >= 15 is 0 Å². The molecule has 2 bridgehead atoms. The Balaban J connectivity index is 1.92. The molecule has 0 aliphatic carbocycles. The predicted octanol–water partition coefficient (Wildman–Crippen LogP) is 2.85. The van der Waals surface area contributed by atoms with Crippen molar-refractivity contribution >= 4 is 5.69 Å². The second-order valence-electron chi connectivity index (χ2n) is 5.63. The van der Waals surface area contributed by atoms with Crippen molar-refractivity contribution in [2.24, 2.45) is 0 Å². The summed E-state index contributed by atoms with van der Waals surface area (Å²) < 4.78 is 13.7. The molecule has 2 heterocycles. The van der Waals surface area contributed by atoms with Crippen LogP contribution in [0, 0.1) is 12.7 Å². The predicted molar refractivity (Wildman–Crippen MR) is 72.5 cm³/mol. The molecule has 1 aromatic carbocycles. The summed E-state index contributed by atoms with van der Waals surface area (Å²) in [4.78, 5) is 2.48. The third-order valence-corrected chi connectivity index (χ3v) is 4.66. The molecule has 98 valence electrons. The smallest absolute Gasteiger partial charge is 0.128 e. The Morgan fingerprint density at radius 1 is 1.22 bits per heavy atom. The van der Waals surface area contributed by atoms with Crippen molar-refractivity contribution in [3.63, 3.8) is 0 Å². The monoisotopic (exact) mass is 248 g/mol. The molecule has 2 aliphatic heterocycles. The summed E-state index contributed by atoms with van der Waals surface area (Å²) in [6, 6.07) is 7.27. The summed E-state index contributed by atoms with van der Waals surface area (Å²) in [5.74, 6) is -0.0809. The topological polar surface area (TPSA) is 15.3 Å². The van der Waals surface area contributed by atoms with Gasteiger partial charge in [0.25, 0.3) is 0 Å². The number of nitrogens with one attached hydrogen (secondary N) is 1. The lowest BCUT2D eigenvalue weighted by atomic mass is 9.96. The molecule has 2 unspecified atom stereocenters. The van der Waals surface area contributed by atoms with Crippen LogP contribution in [0.25, 0.3) is 0 Å². The third kappa shape index (κ3) is 1.81. The Kier molecular flexibility index (Phi) is 3.02. The maximum atomic E-state index is 13.7. The van der Waals surface area contributed by atoms with E-state index in [1.165, 1.54) is 25.7 Å². The number of piperidine rings is 1. The molecule has 3 rings (SSSR count). The molecule has 18 heavy (non-hydrogen) atoms. The fourth-order valence-corrected chi connectivity index (χ4v) is 3.68. The zero-order valence-corrected chi connectivity index (χ0v) is 11.1.